The lowest BCUT2D eigenvalue weighted by Gasteiger charge is -2.36. The minimum Gasteiger partial charge on any atom is -0.468 e. The van der Waals surface area contributed by atoms with Gasteiger partial charge in [-0.3, -0.25) is 4.99 Å². The van der Waals surface area contributed by atoms with Gasteiger partial charge in [-0.05, 0) is 43.5 Å². The summed E-state index contributed by atoms with van der Waals surface area (Å²) in [4.78, 5) is 3.39. The fraction of sp³-hybridized carbons (Fsp3) is 0.409. The third-order valence-corrected chi connectivity index (χ3v) is 8.14. The standard InChI is InChI=1S/C22H26N2O4S/c1-17-20-8-4-5-9-21(20)23-22(17,29(25,26)24-14-6-3-7-15-24)18-10-12-19(13-11-18)28-16-27-2/h4-5,8-13H,3,6-7,14-16H2,1-2H3. The van der Waals surface area contributed by atoms with Crippen LogP contribution in [-0.2, 0) is 19.6 Å². The number of ether oxygens (including phenoxy) is 2. The molecule has 154 valence electrons. The molecule has 0 N–H and O–H groups in total. The molecule has 29 heavy (non-hydrogen) atoms. The lowest BCUT2D eigenvalue weighted by molar-refractivity contribution is 0.0511. The van der Waals surface area contributed by atoms with Crippen LogP contribution in [0.15, 0.2) is 53.5 Å². The summed E-state index contributed by atoms with van der Waals surface area (Å²) in [5.74, 6) is 0.620. The molecule has 1 saturated heterocycles. The zero-order valence-electron chi connectivity index (χ0n) is 16.8. The molecule has 1 unspecified atom stereocenters. The summed E-state index contributed by atoms with van der Waals surface area (Å²) in [6, 6.07) is 14.8. The zero-order chi connectivity index (χ0) is 20.5. The van der Waals surface area contributed by atoms with E-state index in [2.05, 4.69) is 0 Å². The average Bonchev–Trinajstić information content (AvgIpc) is 3.07. The average molecular weight is 415 g/mol. The van der Waals surface area contributed by atoms with E-state index >= 15 is 0 Å². The van der Waals surface area contributed by atoms with Crippen molar-refractivity contribution in [2.75, 3.05) is 27.0 Å². The Labute approximate surface area is 171 Å². The summed E-state index contributed by atoms with van der Waals surface area (Å²) in [5, 5.41) is 1.60. The smallest absolute Gasteiger partial charge is 0.248 e. The van der Waals surface area contributed by atoms with Crippen molar-refractivity contribution >= 4 is 15.6 Å². The Kier molecular flexibility index (Phi) is 5.46. The maximum atomic E-state index is 14.0. The van der Waals surface area contributed by atoms with E-state index < -0.39 is 14.9 Å². The van der Waals surface area contributed by atoms with Gasteiger partial charge >= 0.3 is 0 Å². The second kappa shape index (κ2) is 7.89. The lowest BCUT2D eigenvalue weighted by atomic mass is 9.99. The Hall–Kier alpha value is -2.22. The van der Waals surface area contributed by atoms with Crippen LogP contribution < -0.4 is 15.3 Å². The zero-order valence-corrected chi connectivity index (χ0v) is 17.6. The quantitative estimate of drug-likeness (QED) is 0.680. The number of hydrogen-bond acceptors (Lipinski definition) is 5. The number of methoxy groups -OCH3 is 1. The molecule has 7 heteroatoms. The van der Waals surface area contributed by atoms with E-state index in [4.69, 9.17) is 14.5 Å². The van der Waals surface area contributed by atoms with Gasteiger partial charge in [0.05, 0.1) is 5.36 Å². The highest BCUT2D eigenvalue weighted by Gasteiger charge is 2.52. The van der Waals surface area contributed by atoms with Gasteiger partial charge < -0.3 is 9.47 Å². The number of sulfonamides is 1. The van der Waals surface area contributed by atoms with Gasteiger partial charge in [0.2, 0.25) is 14.9 Å². The van der Waals surface area contributed by atoms with Crippen molar-refractivity contribution in [3.63, 3.8) is 0 Å². The van der Waals surface area contributed by atoms with Crippen molar-refractivity contribution in [2.45, 2.75) is 31.1 Å². The summed E-state index contributed by atoms with van der Waals surface area (Å²) in [5.41, 5.74) is 1.37. The van der Waals surface area contributed by atoms with Crippen molar-refractivity contribution in [3.8, 4) is 5.75 Å². The van der Waals surface area contributed by atoms with E-state index in [1.54, 1.807) is 35.7 Å². The summed E-state index contributed by atoms with van der Waals surface area (Å²) < 4.78 is 40.0. The summed E-state index contributed by atoms with van der Waals surface area (Å²) in [6.45, 7) is 3.10. The largest absolute Gasteiger partial charge is 0.468 e. The maximum Gasteiger partial charge on any atom is 0.248 e. The van der Waals surface area contributed by atoms with Gasteiger partial charge in [-0.1, -0.05) is 36.8 Å². The van der Waals surface area contributed by atoms with Crippen molar-refractivity contribution in [3.05, 3.63) is 64.7 Å². The first-order chi connectivity index (χ1) is 14.0. The molecule has 0 saturated carbocycles. The number of rotatable bonds is 6. The van der Waals surface area contributed by atoms with E-state index in [9.17, 15) is 8.42 Å². The number of benzene rings is 2. The lowest BCUT2D eigenvalue weighted by Crippen LogP contribution is -2.47. The topological polar surface area (TPSA) is 68.2 Å². The molecule has 2 aliphatic heterocycles. The SMILES string of the molecule is COCOc1ccc(C2(S(=O)(=O)N3CCCCC3)N=c3ccccc3=C2C)cc1. The molecule has 0 spiro atoms. The van der Waals surface area contributed by atoms with Crippen molar-refractivity contribution in [2.24, 2.45) is 4.99 Å². The summed E-state index contributed by atoms with van der Waals surface area (Å²) in [7, 11) is -2.20. The van der Waals surface area contributed by atoms with Crippen LogP contribution in [0.1, 0.15) is 31.7 Å². The highest BCUT2D eigenvalue weighted by molar-refractivity contribution is 7.90. The number of nitrogens with zero attached hydrogens (tertiary/aromatic N) is 2. The van der Waals surface area contributed by atoms with Crippen LogP contribution in [-0.4, -0.2) is 39.7 Å². The fourth-order valence-corrected chi connectivity index (χ4v) is 6.46. The molecule has 2 aromatic carbocycles. The number of fused-ring (bicyclic) bond motifs is 1. The van der Waals surface area contributed by atoms with Gasteiger partial charge in [-0.25, -0.2) is 8.42 Å². The van der Waals surface area contributed by atoms with Gasteiger partial charge in [-0.15, -0.1) is 0 Å². The van der Waals surface area contributed by atoms with Gasteiger partial charge in [0.15, 0.2) is 6.79 Å². The number of para-hydroxylation sites is 1. The van der Waals surface area contributed by atoms with Crippen LogP contribution in [0, 0.1) is 0 Å². The van der Waals surface area contributed by atoms with E-state index in [1.807, 2.05) is 31.2 Å². The molecule has 4 rings (SSSR count). The van der Waals surface area contributed by atoms with Crippen molar-refractivity contribution in [1.82, 2.24) is 4.31 Å². The first-order valence-corrected chi connectivity index (χ1v) is 11.3. The molecule has 0 radical (unpaired) electrons. The second-order valence-electron chi connectivity index (χ2n) is 7.44. The first kappa shape index (κ1) is 20.1. The fourth-order valence-electron chi connectivity index (χ4n) is 4.20. The minimum absolute atomic E-state index is 0.136. The summed E-state index contributed by atoms with van der Waals surface area (Å²) in [6.07, 6.45) is 2.82. The van der Waals surface area contributed by atoms with E-state index in [0.717, 1.165) is 30.1 Å². The number of hydrogen-bond donors (Lipinski definition) is 0. The molecule has 6 nitrogen and oxygen atoms in total. The van der Waals surface area contributed by atoms with E-state index in [1.165, 1.54) is 0 Å². The third kappa shape index (κ3) is 3.27. The molecule has 0 amide bonds. The predicted octanol–water partition coefficient (Wildman–Crippen LogP) is 2.14. The van der Waals surface area contributed by atoms with Crippen LogP contribution in [0.3, 0.4) is 0 Å². The highest BCUT2D eigenvalue weighted by atomic mass is 32.2. The van der Waals surface area contributed by atoms with Crippen molar-refractivity contribution in [1.29, 1.82) is 0 Å². The molecule has 2 heterocycles. The first-order valence-electron chi connectivity index (χ1n) is 9.89. The maximum absolute atomic E-state index is 14.0. The van der Waals surface area contributed by atoms with Crippen LogP contribution in [0.25, 0.3) is 5.57 Å². The third-order valence-electron chi connectivity index (χ3n) is 5.71. The minimum atomic E-state index is -3.76. The van der Waals surface area contributed by atoms with Gasteiger partial charge in [-0.2, -0.15) is 4.31 Å². The van der Waals surface area contributed by atoms with Gasteiger partial charge in [0.25, 0.3) is 0 Å². The molecule has 0 bridgehead atoms. The summed E-state index contributed by atoms with van der Waals surface area (Å²) >= 11 is 0. The van der Waals surface area contributed by atoms with Gasteiger partial charge in [0.1, 0.15) is 5.75 Å². The van der Waals surface area contributed by atoms with Crippen molar-refractivity contribution < 1.29 is 17.9 Å². The molecule has 2 aromatic rings. The Morgan fingerprint density at radius 2 is 1.72 bits per heavy atom. The molecule has 1 atom stereocenters. The van der Waals surface area contributed by atoms with Crippen LogP contribution in [0.5, 0.6) is 5.75 Å². The van der Waals surface area contributed by atoms with Crippen LogP contribution in [0.2, 0.25) is 0 Å². The Balaban J connectivity index is 1.89. The molecule has 2 aliphatic rings. The monoisotopic (exact) mass is 414 g/mol. The predicted molar refractivity (Wildman–Crippen MR) is 111 cm³/mol. The normalized spacial score (nSPS) is 22.2. The molecule has 1 fully saturated rings. The Bertz CT molecular complexity index is 1110. The second-order valence-corrected chi connectivity index (χ2v) is 9.50. The molecule has 0 aliphatic carbocycles. The Morgan fingerprint density at radius 1 is 1.03 bits per heavy atom. The Morgan fingerprint density at radius 3 is 2.38 bits per heavy atom. The van der Waals surface area contributed by atoms with Crippen LogP contribution in [0.4, 0.5) is 0 Å². The molecular formula is C22H26N2O4S. The molecule has 0 aromatic heterocycles. The van der Waals surface area contributed by atoms with Crippen LogP contribution >= 0.6 is 0 Å². The van der Waals surface area contributed by atoms with Gasteiger partial charge in [0, 0.05) is 31.0 Å². The highest BCUT2D eigenvalue weighted by Crippen LogP contribution is 2.43. The number of piperidine rings is 1. The molecular weight excluding hydrogens is 388 g/mol. The van der Waals surface area contributed by atoms with E-state index in [-0.39, 0.29) is 6.79 Å². The van der Waals surface area contributed by atoms with E-state index in [0.29, 0.717) is 29.8 Å².